The molecule has 15 heavy (non-hydrogen) atoms. The van der Waals surface area contributed by atoms with Crippen LogP contribution in [-0.4, -0.2) is 19.5 Å². The molecule has 0 unspecified atom stereocenters. The van der Waals surface area contributed by atoms with Crippen molar-refractivity contribution in [1.82, 2.24) is 4.98 Å². The smallest absolute Gasteiger partial charge is 0.255 e. The van der Waals surface area contributed by atoms with E-state index in [0.29, 0.717) is 10.2 Å². The standard InChI is InChI=1S/C8H9BrN2O3S/c9-6-4-11-8(15(10,12)13)3-7(6)14-5-1-2-5/h3-5H,1-2H2,(H2,10,12,13). The van der Waals surface area contributed by atoms with Crippen molar-refractivity contribution < 1.29 is 13.2 Å². The number of aromatic nitrogens is 1. The zero-order valence-electron chi connectivity index (χ0n) is 7.68. The number of primary sulfonamides is 1. The van der Waals surface area contributed by atoms with E-state index in [1.807, 2.05) is 0 Å². The number of halogens is 1. The lowest BCUT2D eigenvalue weighted by atomic mass is 10.4. The Morgan fingerprint density at radius 2 is 2.20 bits per heavy atom. The summed E-state index contributed by atoms with van der Waals surface area (Å²) in [6.45, 7) is 0. The lowest BCUT2D eigenvalue weighted by molar-refractivity contribution is 0.300. The van der Waals surface area contributed by atoms with Crippen molar-refractivity contribution in [3.05, 3.63) is 16.7 Å². The van der Waals surface area contributed by atoms with E-state index in [0.717, 1.165) is 12.8 Å². The van der Waals surface area contributed by atoms with Crippen LogP contribution in [0.1, 0.15) is 12.8 Å². The van der Waals surface area contributed by atoms with Crippen LogP contribution in [0.3, 0.4) is 0 Å². The van der Waals surface area contributed by atoms with Gasteiger partial charge in [0, 0.05) is 12.3 Å². The maximum atomic E-state index is 11.0. The topological polar surface area (TPSA) is 82.3 Å². The summed E-state index contributed by atoms with van der Waals surface area (Å²) in [7, 11) is -3.77. The van der Waals surface area contributed by atoms with E-state index in [2.05, 4.69) is 20.9 Å². The summed E-state index contributed by atoms with van der Waals surface area (Å²) in [6.07, 6.45) is 3.56. The number of nitrogens with zero attached hydrogens (tertiary/aromatic N) is 1. The minimum atomic E-state index is -3.77. The van der Waals surface area contributed by atoms with Gasteiger partial charge in [-0.1, -0.05) is 0 Å². The Kier molecular flexibility index (Phi) is 2.70. The molecule has 1 aromatic heterocycles. The van der Waals surface area contributed by atoms with Gasteiger partial charge in [-0.05, 0) is 28.8 Å². The minimum absolute atomic E-state index is 0.179. The summed E-state index contributed by atoms with van der Waals surface area (Å²) in [5.41, 5.74) is 0. The monoisotopic (exact) mass is 292 g/mol. The first-order chi connectivity index (χ1) is 6.97. The fourth-order valence-electron chi connectivity index (χ4n) is 1.01. The average molecular weight is 293 g/mol. The molecule has 82 valence electrons. The number of hydrogen-bond donors (Lipinski definition) is 1. The summed E-state index contributed by atoms with van der Waals surface area (Å²) in [5.74, 6) is 0.469. The molecule has 1 aromatic rings. The summed E-state index contributed by atoms with van der Waals surface area (Å²) >= 11 is 3.23. The molecule has 7 heteroatoms. The van der Waals surface area contributed by atoms with Crippen molar-refractivity contribution >= 4 is 26.0 Å². The molecule has 2 N–H and O–H groups in total. The van der Waals surface area contributed by atoms with Crippen LogP contribution < -0.4 is 9.88 Å². The van der Waals surface area contributed by atoms with Gasteiger partial charge >= 0.3 is 0 Å². The van der Waals surface area contributed by atoms with Crippen LogP contribution in [0.2, 0.25) is 0 Å². The maximum absolute atomic E-state index is 11.0. The largest absolute Gasteiger partial charge is 0.489 e. The van der Waals surface area contributed by atoms with Crippen LogP contribution in [-0.2, 0) is 10.0 Å². The molecule has 0 bridgehead atoms. The van der Waals surface area contributed by atoms with Gasteiger partial charge < -0.3 is 4.74 Å². The van der Waals surface area contributed by atoms with E-state index in [1.165, 1.54) is 12.3 Å². The quantitative estimate of drug-likeness (QED) is 0.902. The Bertz CT molecular complexity index is 485. The highest BCUT2D eigenvalue weighted by Crippen LogP contribution is 2.32. The average Bonchev–Trinajstić information content (AvgIpc) is 2.90. The molecule has 0 aromatic carbocycles. The highest BCUT2D eigenvalue weighted by atomic mass is 79.9. The predicted octanol–water partition coefficient (Wildman–Crippen LogP) is 1.03. The normalized spacial score (nSPS) is 16.4. The first kappa shape index (κ1) is 10.8. The predicted molar refractivity (Wildman–Crippen MR) is 57.0 cm³/mol. The third-order valence-electron chi connectivity index (χ3n) is 1.90. The zero-order valence-corrected chi connectivity index (χ0v) is 10.1. The fraction of sp³-hybridized carbons (Fsp3) is 0.375. The van der Waals surface area contributed by atoms with Crippen molar-refractivity contribution in [2.75, 3.05) is 0 Å². The highest BCUT2D eigenvalue weighted by Gasteiger charge is 2.25. The van der Waals surface area contributed by atoms with Crippen molar-refractivity contribution in [1.29, 1.82) is 0 Å². The van der Waals surface area contributed by atoms with Gasteiger partial charge in [0.2, 0.25) is 0 Å². The van der Waals surface area contributed by atoms with E-state index in [-0.39, 0.29) is 11.1 Å². The fourth-order valence-corrected chi connectivity index (χ4v) is 1.79. The third kappa shape index (κ3) is 2.67. The van der Waals surface area contributed by atoms with E-state index in [9.17, 15) is 8.42 Å². The Morgan fingerprint density at radius 1 is 1.53 bits per heavy atom. The summed E-state index contributed by atoms with van der Waals surface area (Å²) in [6, 6.07) is 1.33. The van der Waals surface area contributed by atoms with E-state index < -0.39 is 10.0 Å². The Hall–Kier alpha value is -0.660. The molecule has 2 rings (SSSR count). The summed E-state index contributed by atoms with van der Waals surface area (Å²) in [4.78, 5) is 3.70. The Morgan fingerprint density at radius 3 is 2.73 bits per heavy atom. The number of ether oxygens (including phenoxy) is 1. The molecule has 0 radical (unpaired) electrons. The second-order valence-corrected chi connectivity index (χ2v) is 5.68. The molecule has 0 atom stereocenters. The molecule has 1 fully saturated rings. The summed E-state index contributed by atoms with van der Waals surface area (Å²) < 4.78 is 28.2. The van der Waals surface area contributed by atoms with Crippen LogP contribution in [0.25, 0.3) is 0 Å². The van der Waals surface area contributed by atoms with Crippen molar-refractivity contribution in [3.8, 4) is 5.75 Å². The second kappa shape index (κ2) is 3.73. The van der Waals surface area contributed by atoms with Crippen LogP contribution in [0.4, 0.5) is 0 Å². The molecule has 1 heterocycles. The van der Waals surface area contributed by atoms with Gasteiger partial charge in [0.05, 0.1) is 10.6 Å². The molecular weight excluding hydrogens is 284 g/mol. The molecule has 0 spiro atoms. The Labute approximate surface area is 95.8 Å². The van der Waals surface area contributed by atoms with Crippen LogP contribution in [0.5, 0.6) is 5.75 Å². The molecule has 0 aliphatic heterocycles. The van der Waals surface area contributed by atoms with Crippen molar-refractivity contribution in [3.63, 3.8) is 0 Å². The maximum Gasteiger partial charge on any atom is 0.255 e. The van der Waals surface area contributed by atoms with Gasteiger partial charge in [0.15, 0.2) is 5.03 Å². The van der Waals surface area contributed by atoms with Gasteiger partial charge in [-0.2, -0.15) is 0 Å². The van der Waals surface area contributed by atoms with Crippen LogP contribution in [0.15, 0.2) is 21.8 Å². The van der Waals surface area contributed by atoms with Gasteiger partial charge in [0.1, 0.15) is 5.75 Å². The summed E-state index contributed by atoms with van der Waals surface area (Å²) in [5, 5.41) is 4.78. The van der Waals surface area contributed by atoms with Crippen molar-refractivity contribution in [2.24, 2.45) is 5.14 Å². The SMILES string of the molecule is NS(=O)(=O)c1cc(OC2CC2)c(Br)cn1. The van der Waals surface area contributed by atoms with Crippen LogP contribution >= 0.6 is 15.9 Å². The number of pyridine rings is 1. The number of hydrogen-bond acceptors (Lipinski definition) is 4. The molecule has 0 amide bonds. The first-order valence-electron chi connectivity index (χ1n) is 4.32. The lowest BCUT2D eigenvalue weighted by Crippen LogP contribution is -2.14. The molecular formula is C8H9BrN2O3S. The number of sulfonamides is 1. The first-order valence-corrected chi connectivity index (χ1v) is 6.66. The molecule has 0 saturated heterocycles. The third-order valence-corrected chi connectivity index (χ3v) is 3.31. The van der Waals surface area contributed by atoms with Gasteiger partial charge in [0.25, 0.3) is 10.0 Å². The minimum Gasteiger partial charge on any atom is -0.489 e. The highest BCUT2D eigenvalue weighted by molar-refractivity contribution is 9.10. The molecule has 1 aliphatic rings. The molecule has 5 nitrogen and oxygen atoms in total. The zero-order chi connectivity index (χ0) is 11.1. The van der Waals surface area contributed by atoms with Crippen LogP contribution in [0, 0.1) is 0 Å². The van der Waals surface area contributed by atoms with E-state index in [4.69, 9.17) is 9.88 Å². The van der Waals surface area contributed by atoms with Crippen molar-refractivity contribution in [2.45, 2.75) is 24.0 Å². The Balaban J connectivity index is 2.35. The van der Waals surface area contributed by atoms with E-state index in [1.54, 1.807) is 0 Å². The lowest BCUT2D eigenvalue weighted by Gasteiger charge is -2.07. The second-order valence-electron chi connectivity index (χ2n) is 3.32. The number of nitrogens with two attached hydrogens (primary N) is 1. The number of rotatable bonds is 3. The van der Waals surface area contributed by atoms with Gasteiger partial charge in [-0.15, -0.1) is 0 Å². The van der Waals surface area contributed by atoms with Gasteiger partial charge in [-0.25, -0.2) is 18.5 Å². The van der Waals surface area contributed by atoms with Gasteiger partial charge in [-0.3, -0.25) is 0 Å². The molecule has 1 saturated carbocycles. The molecule has 1 aliphatic carbocycles. The van der Waals surface area contributed by atoms with E-state index >= 15 is 0 Å².